The highest BCUT2D eigenvalue weighted by atomic mass is 32.1. The van der Waals surface area contributed by atoms with Gasteiger partial charge in [0.1, 0.15) is 11.6 Å². The van der Waals surface area contributed by atoms with E-state index in [0.29, 0.717) is 22.3 Å². The third-order valence-corrected chi connectivity index (χ3v) is 4.29. The van der Waals surface area contributed by atoms with Gasteiger partial charge in [-0.05, 0) is 30.3 Å². The molecule has 0 atom stereocenters. The lowest BCUT2D eigenvalue weighted by molar-refractivity contribution is -0.118. The largest absolute Gasteiger partial charge is 0.482 e. The summed E-state index contributed by atoms with van der Waals surface area (Å²) in [5.41, 5.74) is 2.59. The molecular formula is C17H12FN3O2S. The van der Waals surface area contributed by atoms with Crippen molar-refractivity contribution >= 4 is 33.8 Å². The normalized spacial score (nSPS) is 13.0. The fraction of sp³-hybridized carbons (Fsp3) is 0.0588. The molecule has 7 heteroatoms. The third-order valence-electron chi connectivity index (χ3n) is 3.53. The number of fused-ring (bicyclic) bond motifs is 1. The molecule has 0 aliphatic carbocycles. The minimum Gasteiger partial charge on any atom is -0.482 e. The molecule has 1 aromatic heterocycles. The van der Waals surface area contributed by atoms with Gasteiger partial charge in [-0.15, -0.1) is 11.3 Å². The first-order valence-electron chi connectivity index (χ1n) is 7.23. The van der Waals surface area contributed by atoms with E-state index in [9.17, 15) is 9.18 Å². The number of benzene rings is 2. The Morgan fingerprint density at radius 2 is 2.12 bits per heavy atom. The van der Waals surface area contributed by atoms with Crippen molar-refractivity contribution in [2.24, 2.45) is 0 Å². The third kappa shape index (κ3) is 2.81. The zero-order chi connectivity index (χ0) is 16.5. The molecule has 0 saturated carbocycles. The standard InChI is InChI=1S/C17H12FN3O2S/c18-11-3-1-2-4-12(11)20-17-21-14(9-24-17)10-5-6-15-13(7-10)19-16(22)8-23-15/h1-7,9H,8H2,(H,19,22)(H,20,21). The van der Waals surface area contributed by atoms with Crippen LogP contribution in [-0.2, 0) is 4.79 Å². The van der Waals surface area contributed by atoms with Crippen molar-refractivity contribution in [3.8, 4) is 17.0 Å². The molecule has 1 amide bonds. The van der Waals surface area contributed by atoms with Crippen LogP contribution in [-0.4, -0.2) is 17.5 Å². The highest BCUT2D eigenvalue weighted by Crippen LogP contribution is 2.34. The zero-order valence-electron chi connectivity index (χ0n) is 12.4. The van der Waals surface area contributed by atoms with Gasteiger partial charge in [0, 0.05) is 10.9 Å². The van der Waals surface area contributed by atoms with Crippen molar-refractivity contribution in [2.75, 3.05) is 17.2 Å². The predicted octanol–water partition coefficient (Wildman–Crippen LogP) is 4.02. The highest BCUT2D eigenvalue weighted by Gasteiger charge is 2.17. The number of thiazole rings is 1. The smallest absolute Gasteiger partial charge is 0.262 e. The van der Waals surface area contributed by atoms with E-state index in [1.54, 1.807) is 24.3 Å². The van der Waals surface area contributed by atoms with E-state index in [1.165, 1.54) is 17.4 Å². The lowest BCUT2D eigenvalue weighted by Gasteiger charge is -2.18. The minimum absolute atomic E-state index is 0.0275. The molecule has 2 N–H and O–H groups in total. The number of nitrogens with zero attached hydrogens (tertiary/aromatic N) is 1. The molecular weight excluding hydrogens is 329 g/mol. The molecule has 120 valence electrons. The first-order valence-corrected chi connectivity index (χ1v) is 8.11. The molecule has 1 aliphatic heterocycles. The Morgan fingerprint density at radius 1 is 1.25 bits per heavy atom. The fourth-order valence-electron chi connectivity index (χ4n) is 2.38. The van der Waals surface area contributed by atoms with Crippen LogP contribution in [0.3, 0.4) is 0 Å². The Kier molecular flexibility index (Phi) is 3.62. The summed E-state index contributed by atoms with van der Waals surface area (Å²) in [5, 5.41) is 8.20. The molecule has 0 fully saturated rings. The minimum atomic E-state index is -0.331. The monoisotopic (exact) mass is 341 g/mol. The predicted molar refractivity (Wildman–Crippen MR) is 91.4 cm³/mol. The van der Waals surface area contributed by atoms with Gasteiger partial charge >= 0.3 is 0 Å². The van der Waals surface area contributed by atoms with Crippen LogP contribution in [0.4, 0.5) is 20.9 Å². The average Bonchev–Trinajstić information content (AvgIpc) is 3.05. The van der Waals surface area contributed by atoms with Crippen LogP contribution in [0.25, 0.3) is 11.3 Å². The number of rotatable bonds is 3. The summed E-state index contributed by atoms with van der Waals surface area (Å²) >= 11 is 1.38. The first kappa shape index (κ1) is 14.6. The Balaban J connectivity index is 1.60. The molecule has 24 heavy (non-hydrogen) atoms. The summed E-state index contributed by atoms with van der Waals surface area (Å²) in [6, 6.07) is 11.9. The van der Waals surface area contributed by atoms with Crippen molar-refractivity contribution in [1.82, 2.24) is 4.98 Å². The van der Waals surface area contributed by atoms with Crippen molar-refractivity contribution in [3.05, 3.63) is 53.7 Å². The van der Waals surface area contributed by atoms with Gasteiger partial charge in [0.25, 0.3) is 5.91 Å². The fourth-order valence-corrected chi connectivity index (χ4v) is 3.12. The number of carbonyl (C=O) groups excluding carboxylic acids is 1. The van der Waals surface area contributed by atoms with E-state index >= 15 is 0 Å². The summed E-state index contributed by atoms with van der Waals surface area (Å²) in [4.78, 5) is 15.9. The number of amides is 1. The van der Waals surface area contributed by atoms with E-state index in [4.69, 9.17) is 4.74 Å². The number of ether oxygens (including phenoxy) is 1. The van der Waals surface area contributed by atoms with Gasteiger partial charge in [-0.2, -0.15) is 0 Å². The summed E-state index contributed by atoms with van der Waals surface area (Å²) in [6.07, 6.45) is 0. The summed E-state index contributed by atoms with van der Waals surface area (Å²) in [5.74, 6) is 0.126. The van der Waals surface area contributed by atoms with Crippen molar-refractivity contribution in [1.29, 1.82) is 0 Å². The van der Waals surface area contributed by atoms with Crippen LogP contribution >= 0.6 is 11.3 Å². The number of nitrogens with one attached hydrogen (secondary N) is 2. The topological polar surface area (TPSA) is 63.2 Å². The van der Waals surface area contributed by atoms with Crippen molar-refractivity contribution in [2.45, 2.75) is 0 Å². The molecule has 0 unspecified atom stereocenters. The second kappa shape index (κ2) is 5.93. The van der Waals surface area contributed by atoms with Gasteiger partial charge in [-0.3, -0.25) is 4.79 Å². The van der Waals surface area contributed by atoms with Crippen LogP contribution in [0, 0.1) is 5.82 Å². The summed E-state index contributed by atoms with van der Waals surface area (Å²) < 4.78 is 19.0. The maximum atomic E-state index is 13.7. The first-order chi connectivity index (χ1) is 11.7. The second-order valence-electron chi connectivity index (χ2n) is 5.19. The highest BCUT2D eigenvalue weighted by molar-refractivity contribution is 7.14. The van der Waals surface area contributed by atoms with E-state index < -0.39 is 0 Å². The van der Waals surface area contributed by atoms with Gasteiger partial charge in [0.05, 0.1) is 17.1 Å². The maximum Gasteiger partial charge on any atom is 0.262 e. The van der Waals surface area contributed by atoms with Crippen molar-refractivity contribution in [3.63, 3.8) is 0 Å². The van der Waals surface area contributed by atoms with Gasteiger partial charge < -0.3 is 15.4 Å². The van der Waals surface area contributed by atoms with Gasteiger partial charge in [0.2, 0.25) is 0 Å². The Morgan fingerprint density at radius 3 is 3.00 bits per heavy atom. The molecule has 2 aromatic carbocycles. The second-order valence-corrected chi connectivity index (χ2v) is 6.05. The van der Waals surface area contributed by atoms with E-state index in [0.717, 1.165) is 11.3 Å². The molecule has 0 saturated heterocycles. The zero-order valence-corrected chi connectivity index (χ0v) is 13.2. The van der Waals surface area contributed by atoms with Crippen LogP contribution in [0.1, 0.15) is 0 Å². The van der Waals surface area contributed by atoms with Gasteiger partial charge in [-0.1, -0.05) is 12.1 Å². The summed E-state index contributed by atoms with van der Waals surface area (Å²) in [7, 11) is 0. The van der Waals surface area contributed by atoms with Crippen LogP contribution in [0.15, 0.2) is 47.8 Å². The van der Waals surface area contributed by atoms with Crippen molar-refractivity contribution < 1.29 is 13.9 Å². The Labute approximate surface area is 141 Å². The molecule has 0 spiro atoms. The van der Waals surface area contributed by atoms with E-state index in [1.807, 2.05) is 17.5 Å². The van der Waals surface area contributed by atoms with Gasteiger partial charge in [-0.25, -0.2) is 9.37 Å². The molecule has 3 aromatic rings. The maximum absolute atomic E-state index is 13.7. The molecule has 2 heterocycles. The molecule has 0 bridgehead atoms. The SMILES string of the molecule is O=C1COc2ccc(-c3csc(Nc4ccccc4F)n3)cc2N1. The number of carbonyl (C=O) groups is 1. The quantitative estimate of drug-likeness (QED) is 0.755. The number of halogens is 1. The van der Waals surface area contributed by atoms with Crippen LogP contribution in [0.2, 0.25) is 0 Å². The number of aromatic nitrogens is 1. The number of hydrogen-bond donors (Lipinski definition) is 2. The van der Waals surface area contributed by atoms with Crippen LogP contribution in [0.5, 0.6) is 5.75 Å². The lowest BCUT2D eigenvalue weighted by Crippen LogP contribution is -2.25. The van der Waals surface area contributed by atoms with E-state index in [2.05, 4.69) is 15.6 Å². The molecule has 1 aliphatic rings. The Hall–Kier alpha value is -2.93. The van der Waals surface area contributed by atoms with E-state index in [-0.39, 0.29) is 18.3 Å². The lowest BCUT2D eigenvalue weighted by atomic mass is 10.1. The molecule has 5 nitrogen and oxygen atoms in total. The van der Waals surface area contributed by atoms with Crippen LogP contribution < -0.4 is 15.4 Å². The molecule has 0 radical (unpaired) electrons. The number of anilines is 3. The number of para-hydroxylation sites is 1. The Bertz CT molecular complexity index is 926. The van der Waals surface area contributed by atoms with Gasteiger partial charge in [0.15, 0.2) is 11.7 Å². The number of hydrogen-bond acceptors (Lipinski definition) is 5. The summed E-state index contributed by atoms with van der Waals surface area (Å²) in [6.45, 7) is 0.0275. The average molecular weight is 341 g/mol. The molecule has 4 rings (SSSR count).